The number of aromatic nitrogens is 2. The number of carbonyl (C=O) groups is 2. The van der Waals surface area contributed by atoms with E-state index in [-0.39, 0.29) is 18.5 Å². The van der Waals surface area contributed by atoms with E-state index in [0.717, 1.165) is 5.01 Å². The number of carboxylic acid groups (broad SMARTS) is 2. The molecule has 0 radical (unpaired) electrons. The average molecular weight is 253 g/mol. The average Bonchev–Trinajstić information content (AvgIpc) is 2.57. The van der Waals surface area contributed by atoms with Gasteiger partial charge in [-0.15, -0.1) is 0 Å². The van der Waals surface area contributed by atoms with Gasteiger partial charge in [-0.1, -0.05) is 6.58 Å². The third kappa shape index (κ3) is 3.09. The predicted molar refractivity (Wildman–Crippen MR) is 64.2 cm³/mol. The van der Waals surface area contributed by atoms with Crippen molar-refractivity contribution >= 4 is 12.1 Å². The van der Waals surface area contributed by atoms with E-state index in [1.54, 1.807) is 19.9 Å². The molecule has 2 N–H and O–H groups in total. The number of aryl methyl sites for hydroxylation is 2. The molecule has 0 saturated carbocycles. The van der Waals surface area contributed by atoms with Crippen LogP contribution in [-0.4, -0.2) is 38.7 Å². The largest absolute Gasteiger partial charge is 0.478 e. The van der Waals surface area contributed by atoms with Crippen molar-refractivity contribution in [2.75, 3.05) is 11.6 Å². The lowest BCUT2D eigenvalue weighted by atomic mass is 10.2. The molecule has 0 aliphatic rings. The summed E-state index contributed by atoms with van der Waals surface area (Å²) in [4.78, 5) is 23.0. The Bertz CT molecular complexity index is 492. The molecule has 0 aliphatic carbocycles. The van der Waals surface area contributed by atoms with Gasteiger partial charge in [0.25, 0.3) is 0 Å². The molecule has 0 saturated heterocycles. The van der Waals surface area contributed by atoms with E-state index in [9.17, 15) is 9.59 Å². The van der Waals surface area contributed by atoms with E-state index in [1.165, 1.54) is 4.79 Å². The minimum atomic E-state index is -1.20. The minimum absolute atomic E-state index is 0.0115. The molecule has 1 rings (SSSR count). The van der Waals surface area contributed by atoms with Crippen molar-refractivity contribution in [2.24, 2.45) is 0 Å². The molecule has 7 heteroatoms. The third-order valence-electron chi connectivity index (χ3n) is 2.36. The zero-order valence-corrected chi connectivity index (χ0v) is 10.3. The van der Waals surface area contributed by atoms with Crippen molar-refractivity contribution in [3.05, 3.63) is 29.6 Å². The number of nitrogens with zero attached hydrogens (tertiary/aromatic N) is 3. The van der Waals surface area contributed by atoms with E-state index in [1.807, 2.05) is 0 Å². The molecular formula is C11H15N3O4. The second kappa shape index (κ2) is 5.35. The lowest BCUT2D eigenvalue weighted by Crippen LogP contribution is -2.42. The second-order valence-electron chi connectivity index (χ2n) is 3.88. The van der Waals surface area contributed by atoms with Crippen molar-refractivity contribution in [1.82, 2.24) is 9.89 Å². The van der Waals surface area contributed by atoms with Gasteiger partial charge in [0, 0.05) is 5.57 Å². The van der Waals surface area contributed by atoms with Crippen LogP contribution in [0.1, 0.15) is 17.8 Å². The number of hydrogen-bond acceptors (Lipinski definition) is 3. The van der Waals surface area contributed by atoms with Crippen LogP contribution in [0, 0.1) is 13.8 Å². The molecule has 1 amide bonds. The summed E-state index contributed by atoms with van der Waals surface area (Å²) in [6.45, 7) is 6.82. The van der Waals surface area contributed by atoms with Gasteiger partial charge in [0.2, 0.25) is 0 Å². The van der Waals surface area contributed by atoms with Gasteiger partial charge in [-0.3, -0.25) is 0 Å². The van der Waals surface area contributed by atoms with Gasteiger partial charge in [-0.05, 0) is 26.3 Å². The highest BCUT2D eigenvalue weighted by molar-refractivity contribution is 5.86. The first-order chi connectivity index (χ1) is 8.32. The minimum Gasteiger partial charge on any atom is -0.478 e. The summed E-state index contributed by atoms with van der Waals surface area (Å²) >= 11 is 0. The standard InChI is InChI=1S/C11H15N3O4/c1-7(10(15)16)4-5-13(11(17)18)14-9(3)6-8(2)12-14/h6H,1,4-5H2,2-3H3,(H,15,16)(H,17,18). The summed E-state index contributed by atoms with van der Waals surface area (Å²) in [5.41, 5.74) is 1.31. The molecule has 0 aromatic carbocycles. The first-order valence-electron chi connectivity index (χ1n) is 5.28. The van der Waals surface area contributed by atoms with Gasteiger partial charge in [0.15, 0.2) is 0 Å². The Morgan fingerprint density at radius 2 is 2.06 bits per heavy atom. The molecule has 7 nitrogen and oxygen atoms in total. The fraction of sp³-hybridized carbons (Fsp3) is 0.364. The van der Waals surface area contributed by atoms with Crippen molar-refractivity contribution < 1.29 is 19.8 Å². The Kier molecular flexibility index (Phi) is 4.09. The van der Waals surface area contributed by atoms with Crippen LogP contribution in [0.4, 0.5) is 4.79 Å². The number of hydrogen-bond donors (Lipinski definition) is 2. The van der Waals surface area contributed by atoms with Gasteiger partial charge in [0.05, 0.1) is 17.9 Å². The van der Waals surface area contributed by atoms with Gasteiger partial charge in [-0.2, -0.15) is 14.9 Å². The number of amides is 1. The van der Waals surface area contributed by atoms with E-state index in [4.69, 9.17) is 10.2 Å². The van der Waals surface area contributed by atoms with Crippen LogP contribution in [0.5, 0.6) is 0 Å². The van der Waals surface area contributed by atoms with Gasteiger partial charge in [0.1, 0.15) is 0 Å². The molecule has 0 bridgehead atoms. The zero-order valence-electron chi connectivity index (χ0n) is 10.3. The summed E-state index contributed by atoms with van der Waals surface area (Å²) in [5.74, 6) is -1.13. The van der Waals surface area contributed by atoms with E-state index >= 15 is 0 Å². The molecule has 0 aliphatic heterocycles. The Morgan fingerprint density at radius 1 is 1.44 bits per heavy atom. The van der Waals surface area contributed by atoms with Crippen LogP contribution in [-0.2, 0) is 4.79 Å². The Morgan fingerprint density at radius 3 is 2.44 bits per heavy atom. The lowest BCUT2D eigenvalue weighted by Gasteiger charge is -2.20. The van der Waals surface area contributed by atoms with Crippen molar-refractivity contribution in [3.8, 4) is 0 Å². The van der Waals surface area contributed by atoms with Crippen LogP contribution in [0.2, 0.25) is 0 Å². The summed E-state index contributed by atoms with van der Waals surface area (Å²) in [5, 5.41) is 22.8. The summed E-state index contributed by atoms with van der Waals surface area (Å²) in [6.07, 6.45) is -1.15. The van der Waals surface area contributed by atoms with Crippen LogP contribution in [0.15, 0.2) is 18.2 Å². The van der Waals surface area contributed by atoms with Crippen molar-refractivity contribution in [2.45, 2.75) is 20.3 Å². The summed E-state index contributed by atoms with van der Waals surface area (Å²) < 4.78 is 0. The van der Waals surface area contributed by atoms with Crippen LogP contribution in [0.25, 0.3) is 0 Å². The molecule has 0 atom stereocenters. The second-order valence-corrected chi connectivity index (χ2v) is 3.88. The molecule has 1 heterocycles. The normalized spacial score (nSPS) is 10.1. The number of aliphatic carboxylic acids is 1. The first-order valence-corrected chi connectivity index (χ1v) is 5.28. The summed E-state index contributed by atoms with van der Waals surface area (Å²) in [7, 11) is 0. The maximum Gasteiger partial charge on any atom is 0.427 e. The van der Waals surface area contributed by atoms with Crippen LogP contribution >= 0.6 is 0 Å². The quantitative estimate of drug-likeness (QED) is 0.767. The molecular weight excluding hydrogens is 238 g/mol. The van der Waals surface area contributed by atoms with Gasteiger partial charge in [-0.25, -0.2) is 9.59 Å². The fourth-order valence-electron chi connectivity index (χ4n) is 1.48. The Balaban J connectivity index is 2.85. The topological polar surface area (TPSA) is 95.7 Å². The fourth-order valence-corrected chi connectivity index (χ4v) is 1.48. The van der Waals surface area contributed by atoms with Gasteiger partial charge < -0.3 is 10.2 Å². The molecule has 0 unspecified atom stereocenters. The van der Waals surface area contributed by atoms with Crippen molar-refractivity contribution in [1.29, 1.82) is 0 Å². The SMILES string of the molecule is C=C(CCN(C(=O)O)n1nc(C)cc1C)C(=O)O. The van der Waals surface area contributed by atoms with E-state index in [2.05, 4.69) is 11.7 Å². The molecule has 1 aromatic heterocycles. The number of rotatable bonds is 5. The molecule has 18 heavy (non-hydrogen) atoms. The van der Waals surface area contributed by atoms with Crippen LogP contribution in [0.3, 0.4) is 0 Å². The monoisotopic (exact) mass is 253 g/mol. The highest BCUT2D eigenvalue weighted by atomic mass is 16.4. The first kappa shape index (κ1) is 13.8. The van der Waals surface area contributed by atoms with Crippen molar-refractivity contribution in [3.63, 3.8) is 0 Å². The maximum atomic E-state index is 11.1. The van der Waals surface area contributed by atoms with Crippen LogP contribution < -0.4 is 5.01 Å². The summed E-state index contributed by atoms with van der Waals surface area (Å²) in [6, 6.07) is 1.74. The van der Waals surface area contributed by atoms with E-state index < -0.39 is 12.1 Å². The third-order valence-corrected chi connectivity index (χ3v) is 2.36. The lowest BCUT2D eigenvalue weighted by molar-refractivity contribution is -0.132. The highest BCUT2D eigenvalue weighted by Crippen LogP contribution is 2.06. The molecule has 98 valence electrons. The molecule has 0 fully saturated rings. The smallest absolute Gasteiger partial charge is 0.427 e. The zero-order chi connectivity index (χ0) is 13.9. The molecule has 1 aromatic rings. The van der Waals surface area contributed by atoms with E-state index in [0.29, 0.717) is 11.4 Å². The molecule has 0 spiro atoms. The Hall–Kier alpha value is -2.31. The van der Waals surface area contributed by atoms with Gasteiger partial charge >= 0.3 is 12.1 Å². The predicted octanol–water partition coefficient (Wildman–Crippen LogP) is 1.15. The Labute approximate surface area is 104 Å². The highest BCUT2D eigenvalue weighted by Gasteiger charge is 2.18. The number of carboxylic acids is 1. The maximum absolute atomic E-state index is 11.1.